The van der Waals surface area contributed by atoms with E-state index in [-0.39, 0.29) is 6.84 Å². The monoisotopic (exact) mass is 488 g/mol. The molecule has 4 aromatic heterocycles. The number of Topliss-reactive ketones (excluding diaryl/α,β-unsaturated/α-hetero) is 1. The lowest BCUT2D eigenvalue weighted by molar-refractivity contribution is -0.129. The Balaban J connectivity index is 0.000000353. The molecule has 11 heteroatoms. The molecule has 4 aromatic rings. The van der Waals surface area contributed by atoms with Gasteiger partial charge in [0.2, 0.25) is 5.95 Å². The van der Waals surface area contributed by atoms with Gasteiger partial charge in [-0.2, -0.15) is 0 Å². The van der Waals surface area contributed by atoms with Crippen LogP contribution < -0.4 is 5.32 Å². The van der Waals surface area contributed by atoms with E-state index in [1.54, 1.807) is 44.0 Å². The van der Waals surface area contributed by atoms with Crippen molar-refractivity contribution in [2.75, 3.05) is 12.4 Å². The normalized spacial score (nSPS) is 14.1. The molecule has 0 aromatic carbocycles. The van der Waals surface area contributed by atoms with Crippen molar-refractivity contribution in [2.45, 2.75) is 66.9 Å². The molecule has 5 rings (SSSR count). The molecule has 4 heterocycles. The summed E-state index contributed by atoms with van der Waals surface area (Å²) >= 11 is 0. The molecule has 1 fully saturated rings. The third kappa shape index (κ3) is 5.44. The van der Waals surface area contributed by atoms with Crippen LogP contribution in [-0.4, -0.2) is 53.4 Å². The Hall–Kier alpha value is -3.50. The summed E-state index contributed by atoms with van der Waals surface area (Å²) < 4.78 is 28.7. The molecule has 1 N–H and O–H groups in total. The van der Waals surface area contributed by atoms with Crippen LogP contribution in [0.1, 0.15) is 54.2 Å². The Labute approximate surface area is 204 Å². The molecule has 35 heavy (non-hydrogen) atoms. The second-order valence-corrected chi connectivity index (χ2v) is 8.42. The summed E-state index contributed by atoms with van der Waals surface area (Å²) in [5.74, 6) is 1.31. The number of aryl methyl sites for hydroxylation is 1. The molecule has 0 aliphatic heterocycles. The third-order valence-electron chi connectivity index (χ3n) is 6.19. The lowest BCUT2D eigenvalue weighted by Gasteiger charge is -2.35. The minimum atomic E-state index is -2.50. The number of ketones is 1. The van der Waals surface area contributed by atoms with Crippen molar-refractivity contribution in [1.82, 2.24) is 34.1 Å². The molecule has 0 amide bonds. The van der Waals surface area contributed by atoms with Gasteiger partial charge in [0.1, 0.15) is 11.6 Å². The number of aromatic nitrogens is 7. The van der Waals surface area contributed by atoms with Gasteiger partial charge in [-0.05, 0) is 32.8 Å². The third-order valence-corrected chi connectivity index (χ3v) is 6.19. The molecule has 0 spiro atoms. The molecule has 1 aliphatic rings. The van der Waals surface area contributed by atoms with E-state index in [1.165, 1.54) is 11.0 Å². The molecule has 0 unspecified atom stereocenters. The predicted molar refractivity (Wildman–Crippen MR) is 134 cm³/mol. The number of carbonyl (C=O) groups is 1. The van der Waals surface area contributed by atoms with E-state index < -0.39 is 13.0 Å². The first kappa shape index (κ1) is 26.1. The fourth-order valence-electron chi connectivity index (χ4n) is 3.78. The number of carbonyl (C=O) groups excluding carboxylic acids is 1. The second-order valence-electron chi connectivity index (χ2n) is 8.42. The highest BCUT2D eigenvalue weighted by Crippen LogP contribution is 2.40. The van der Waals surface area contributed by atoms with Crippen LogP contribution >= 0.6 is 0 Å². The van der Waals surface area contributed by atoms with Crippen LogP contribution in [0.2, 0.25) is 0 Å². The van der Waals surface area contributed by atoms with Crippen LogP contribution in [0.25, 0.3) is 28.1 Å². The van der Waals surface area contributed by atoms with Gasteiger partial charge in [-0.15, -0.1) is 5.10 Å². The standard InChI is InChI=1S/C15H14F2N8.C7H12O.C2H6.H2/c1-8-21-13-14(24(8)7-12(16)17)22-10(5-19-13)9-3-4-25-11(9)6-20-15(18-2)23-25;1-6(8)7(2)4-3-5-7;1-2;/h3-6,12H,7H2,1-2H3,(H,18,23);3-5H2,1-2H3;1-2H3;1H. The van der Waals surface area contributed by atoms with E-state index in [0.717, 1.165) is 23.9 Å². The summed E-state index contributed by atoms with van der Waals surface area (Å²) in [6, 6.07) is 1.83. The minimum Gasteiger partial charge on any atom is -0.356 e. The van der Waals surface area contributed by atoms with Gasteiger partial charge < -0.3 is 9.88 Å². The van der Waals surface area contributed by atoms with Crippen LogP contribution in [0.3, 0.4) is 0 Å². The Morgan fingerprint density at radius 2 is 1.94 bits per heavy atom. The molecule has 1 aliphatic carbocycles. The molecule has 0 atom stereocenters. The van der Waals surface area contributed by atoms with Gasteiger partial charge in [-0.1, -0.05) is 27.2 Å². The highest BCUT2D eigenvalue weighted by atomic mass is 19.3. The molecule has 0 saturated heterocycles. The maximum Gasteiger partial charge on any atom is 0.256 e. The fourth-order valence-corrected chi connectivity index (χ4v) is 3.78. The zero-order valence-electron chi connectivity index (χ0n) is 21.0. The van der Waals surface area contributed by atoms with E-state index in [2.05, 4.69) is 37.3 Å². The Morgan fingerprint density at radius 3 is 2.49 bits per heavy atom. The molecule has 0 bridgehead atoms. The van der Waals surface area contributed by atoms with Crippen LogP contribution in [0.4, 0.5) is 14.7 Å². The first-order valence-corrected chi connectivity index (χ1v) is 11.7. The highest BCUT2D eigenvalue weighted by Gasteiger charge is 2.35. The number of fused-ring (bicyclic) bond motifs is 2. The average Bonchev–Trinajstić information content (AvgIpc) is 3.38. The minimum absolute atomic E-state index is 0. The number of imidazole rings is 1. The van der Waals surface area contributed by atoms with Crippen molar-refractivity contribution in [2.24, 2.45) is 5.41 Å². The van der Waals surface area contributed by atoms with Crippen molar-refractivity contribution in [3.05, 3.63) is 30.5 Å². The topological polar surface area (TPSA) is 103 Å². The van der Waals surface area contributed by atoms with Crippen LogP contribution in [0, 0.1) is 12.3 Å². The quantitative estimate of drug-likeness (QED) is 0.412. The number of rotatable bonds is 5. The van der Waals surface area contributed by atoms with Gasteiger partial charge in [-0.25, -0.2) is 33.2 Å². The van der Waals surface area contributed by atoms with Crippen molar-refractivity contribution >= 4 is 28.5 Å². The largest absolute Gasteiger partial charge is 0.356 e. The number of halogens is 2. The fraction of sp³-hybridized carbons (Fsp3) is 0.500. The van der Waals surface area contributed by atoms with Gasteiger partial charge in [0.25, 0.3) is 6.43 Å². The van der Waals surface area contributed by atoms with E-state index in [1.807, 2.05) is 19.9 Å². The Bertz CT molecular complexity index is 1320. The number of nitrogens with zero attached hydrogens (tertiary/aromatic N) is 7. The summed E-state index contributed by atoms with van der Waals surface area (Å²) in [6.07, 6.45) is 6.00. The Morgan fingerprint density at radius 1 is 1.23 bits per heavy atom. The van der Waals surface area contributed by atoms with Crippen LogP contribution in [-0.2, 0) is 11.3 Å². The number of hydrogen-bond acceptors (Lipinski definition) is 7. The van der Waals surface area contributed by atoms with Gasteiger partial charge in [0, 0.05) is 25.6 Å². The number of nitrogens with one attached hydrogen (secondary N) is 1. The lowest BCUT2D eigenvalue weighted by Crippen LogP contribution is -2.32. The maximum absolute atomic E-state index is 12.8. The molecule has 190 valence electrons. The summed E-state index contributed by atoms with van der Waals surface area (Å²) in [6.45, 7) is 8.94. The maximum atomic E-state index is 12.8. The zero-order chi connectivity index (χ0) is 25.8. The second kappa shape index (κ2) is 10.8. The predicted octanol–water partition coefficient (Wildman–Crippen LogP) is 5.19. The van der Waals surface area contributed by atoms with Gasteiger partial charge in [0.15, 0.2) is 11.3 Å². The van der Waals surface area contributed by atoms with Gasteiger partial charge in [0.05, 0.1) is 30.1 Å². The van der Waals surface area contributed by atoms with Crippen molar-refractivity contribution in [1.29, 1.82) is 0 Å². The van der Waals surface area contributed by atoms with Crippen LogP contribution in [0.5, 0.6) is 0 Å². The number of alkyl halides is 2. The van der Waals surface area contributed by atoms with Crippen molar-refractivity contribution in [3.8, 4) is 11.3 Å². The number of anilines is 1. The summed E-state index contributed by atoms with van der Waals surface area (Å²) in [4.78, 5) is 27.9. The smallest absolute Gasteiger partial charge is 0.256 e. The van der Waals surface area contributed by atoms with E-state index in [9.17, 15) is 13.6 Å². The van der Waals surface area contributed by atoms with Crippen molar-refractivity contribution < 1.29 is 15.0 Å². The van der Waals surface area contributed by atoms with Gasteiger partial charge >= 0.3 is 0 Å². The SMILES string of the molecule is CC.CC(=O)C1(C)CCC1.CNc1ncc2c(-c3cnc4nc(C)n(CC(F)F)c4n3)ccn2n1.[HH]. The Kier molecular flexibility index (Phi) is 8.08. The van der Waals surface area contributed by atoms with E-state index in [0.29, 0.717) is 34.5 Å². The molecule has 0 radical (unpaired) electrons. The summed E-state index contributed by atoms with van der Waals surface area (Å²) in [7, 11) is 1.73. The van der Waals surface area contributed by atoms with Gasteiger partial charge in [-0.3, -0.25) is 4.79 Å². The average molecular weight is 489 g/mol. The molecule has 1 saturated carbocycles. The lowest BCUT2D eigenvalue weighted by atomic mass is 9.68. The number of hydrogen-bond donors (Lipinski definition) is 1. The van der Waals surface area contributed by atoms with Crippen molar-refractivity contribution in [3.63, 3.8) is 0 Å². The molecular weight excluding hydrogens is 454 g/mol. The zero-order valence-corrected chi connectivity index (χ0v) is 21.0. The van der Waals surface area contributed by atoms with E-state index in [4.69, 9.17) is 0 Å². The van der Waals surface area contributed by atoms with E-state index >= 15 is 0 Å². The highest BCUT2D eigenvalue weighted by molar-refractivity contribution is 5.82. The molecule has 9 nitrogen and oxygen atoms in total. The first-order valence-electron chi connectivity index (χ1n) is 11.7. The molecular formula is C24H34F2N8O. The summed E-state index contributed by atoms with van der Waals surface area (Å²) in [5, 5.41) is 7.16. The summed E-state index contributed by atoms with van der Waals surface area (Å²) in [5.41, 5.74) is 2.82. The first-order chi connectivity index (χ1) is 16.7. The van der Waals surface area contributed by atoms with Crippen LogP contribution in [0.15, 0.2) is 24.7 Å².